The van der Waals surface area contributed by atoms with Crippen LogP contribution in [0.5, 0.6) is 5.75 Å². The van der Waals surface area contributed by atoms with Crippen LogP contribution >= 0.6 is 12.4 Å². The van der Waals surface area contributed by atoms with Crippen LogP contribution in [-0.2, 0) is 0 Å². The van der Waals surface area contributed by atoms with Crippen LogP contribution in [0.4, 0.5) is 0 Å². The van der Waals surface area contributed by atoms with Crippen LogP contribution in [0.1, 0.15) is 17.2 Å². The van der Waals surface area contributed by atoms with Gasteiger partial charge in [0, 0.05) is 31.2 Å². The Labute approximate surface area is 96.3 Å². The number of hydrogen-bond donors (Lipinski definition) is 3. The van der Waals surface area contributed by atoms with Crippen molar-refractivity contribution in [2.24, 2.45) is 0 Å². The van der Waals surface area contributed by atoms with E-state index in [4.69, 9.17) is 0 Å². The predicted molar refractivity (Wildman–Crippen MR) is 63.7 cm³/mol. The van der Waals surface area contributed by atoms with Gasteiger partial charge < -0.3 is 15.7 Å². The van der Waals surface area contributed by atoms with Gasteiger partial charge in [-0.15, -0.1) is 12.4 Å². The maximum absolute atomic E-state index is 9.78. The van der Waals surface area contributed by atoms with Gasteiger partial charge in [-0.2, -0.15) is 0 Å². The third kappa shape index (κ3) is 2.84. The number of aromatic hydroxyl groups is 1. The maximum atomic E-state index is 9.78. The Bertz CT molecular complexity index is 324. The SMILES string of the molecule is Cc1ccc([C@@H]2CNCCN2)c(O)c1.Cl. The Hall–Kier alpha value is -0.770. The number of halogens is 1. The first kappa shape index (κ1) is 12.3. The van der Waals surface area contributed by atoms with E-state index in [1.165, 1.54) is 0 Å². The van der Waals surface area contributed by atoms with E-state index in [-0.39, 0.29) is 18.4 Å². The van der Waals surface area contributed by atoms with Crippen LogP contribution in [0, 0.1) is 6.92 Å². The van der Waals surface area contributed by atoms with Crippen LogP contribution in [0.3, 0.4) is 0 Å². The minimum atomic E-state index is 0. The number of aryl methyl sites for hydroxylation is 1. The zero-order chi connectivity index (χ0) is 9.97. The molecule has 1 aromatic carbocycles. The molecule has 1 saturated heterocycles. The van der Waals surface area contributed by atoms with Crippen molar-refractivity contribution >= 4 is 12.4 Å². The van der Waals surface area contributed by atoms with Gasteiger partial charge in [0.05, 0.1) is 0 Å². The molecule has 0 aromatic heterocycles. The fourth-order valence-electron chi connectivity index (χ4n) is 1.82. The number of hydrogen-bond acceptors (Lipinski definition) is 3. The molecule has 0 bridgehead atoms. The summed E-state index contributed by atoms with van der Waals surface area (Å²) in [5.41, 5.74) is 2.08. The lowest BCUT2D eigenvalue weighted by molar-refractivity contribution is 0.404. The molecule has 0 amide bonds. The molecule has 3 N–H and O–H groups in total. The molecule has 0 unspecified atom stereocenters. The van der Waals surface area contributed by atoms with Gasteiger partial charge in [-0.1, -0.05) is 12.1 Å². The average Bonchev–Trinajstić information content (AvgIpc) is 2.19. The monoisotopic (exact) mass is 228 g/mol. The van der Waals surface area contributed by atoms with Gasteiger partial charge in [-0.25, -0.2) is 0 Å². The minimum Gasteiger partial charge on any atom is -0.508 e. The summed E-state index contributed by atoms with van der Waals surface area (Å²) >= 11 is 0. The second kappa shape index (κ2) is 5.35. The molecule has 15 heavy (non-hydrogen) atoms. The number of benzene rings is 1. The van der Waals surface area contributed by atoms with E-state index in [0.29, 0.717) is 5.75 Å². The molecule has 1 atom stereocenters. The van der Waals surface area contributed by atoms with Gasteiger partial charge in [0.1, 0.15) is 5.75 Å². The fraction of sp³-hybridized carbons (Fsp3) is 0.455. The summed E-state index contributed by atoms with van der Waals surface area (Å²) in [6, 6.07) is 6.08. The van der Waals surface area contributed by atoms with Crippen LogP contribution < -0.4 is 10.6 Å². The van der Waals surface area contributed by atoms with Crippen molar-refractivity contribution in [3.05, 3.63) is 29.3 Å². The molecule has 3 nitrogen and oxygen atoms in total. The second-order valence-corrected chi connectivity index (χ2v) is 3.77. The highest BCUT2D eigenvalue weighted by Crippen LogP contribution is 2.25. The summed E-state index contributed by atoms with van der Waals surface area (Å²) in [6.07, 6.45) is 0. The number of rotatable bonds is 1. The Kier molecular flexibility index (Phi) is 4.39. The summed E-state index contributed by atoms with van der Waals surface area (Å²) < 4.78 is 0. The van der Waals surface area contributed by atoms with E-state index in [2.05, 4.69) is 10.6 Å². The molecule has 0 spiro atoms. The van der Waals surface area contributed by atoms with Gasteiger partial charge in [0.2, 0.25) is 0 Å². The first-order valence-corrected chi connectivity index (χ1v) is 5.01. The molecule has 1 fully saturated rings. The standard InChI is InChI=1S/C11H16N2O.ClH/c1-8-2-3-9(11(14)6-8)10-7-12-4-5-13-10;/h2-3,6,10,12-14H,4-5,7H2,1H3;1H/t10-;/m0./s1. The van der Waals surface area contributed by atoms with Crippen LogP contribution in [-0.4, -0.2) is 24.7 Å². The number of piperazine rings is 1. The van der Waals surface area contributed by atoms with Gasteiger partial charge in [0.25, 0.3) is 0 Å². The first-order chi connectivity index (χ1) is 6.77. The lowest BCUT2D eigenvalue weighted by Crippen LogP contribution is -2.42. The van der Waals surface area contributed by atoms with Crippen molar-refractivity contribution in [3.63, 3.8) is 0 Å². The summed E-state index contributed by atoms with van der Waals surface area (Å²) in [5.74, 6) is 0.395. The summed E-state index contributed by atoms with van der Waals surface area (Å²) in [4.78, 5) is 0. The van der Waals surface area contributed by atoms with Crippen LogP contribution in [0.2, 0.25) is 0 Å². The van der Waals surface area contributed by atoms with E-state index >= 15 is 0 Å². The quantitative estimate of drug-likeness (QED) is 0.680. The molecule has 1 heterocycles. The Morgan fingerprint density at radius 1 is 1.33 bits per heavy atom. The molecule has 1 aromatic rings. The smallest absolute Gasteiger partial charge is 0.120 e. The lowest BCUT2D eigenvalue weighted by atomic mass is 10.0. The highest BCUT2D eigenvalue weighted by atomic mass is 35.5. The Balaban J connectivity index is 0.00000112. The Morgan fingerprint density at radius 3 is 2.73 bits per heavy atom. The van der Waals surface area contributed by atoms with Gasteiger partial charge in [-0.3, -0.25) is 0 Å². The number of phenols is 1. The summed E-state index contributed by atoms with van der Waals surface area (Å²) in [6.45, 7) is 4.83. The van der Waals surface area contributed by atoms with E-state index < -0.39 is 0 Å². The fourth-order valence-corrected chi connectivity index (χ4v) is 1.82. The molecule has 2 rings (SSSR count). The number of phenolic OH excluding ortho intramolecular Hbond substituents is 1. The zero-order valence-corrected chi connectivity index (χ0v) is 9.60. The van der Waals surface area contributed by atoms with Gasteiger partial charge in [-0.05, 0) is 18.6 Å². The highest BCUT2D eigenvalue weighted by molar-refractivity contribution is 5.85. The molecule has 0 radical (unpaired) electrons. The van der Waals surface area contributed by atoms with Crippen LogP contribution in [0.15, 0.2) is 18.2 Å². The lowest BCUT2D eigenvalue weighted by Gasteiger charge is -2.25. The Morgan fingerprint density at radius 2 is 2.13 bits per heavy atom. The average molecular weight is 229 g/mol. The van der Waals surface area contributed by atoms with Crippen molar-refractivity contribution in [1.82, 2.24) is 10.6 Å². The first-order valence-electron chi connectivity index (χ1n) is 5.01. The molecule has 4 heteroatoms. The normalized spacial score (nSPS) is 20.7. The summed E-state index contributed by atoms with van der Waals surface area (Å²) in [5, 5.41) is 16.5. The molecular formula is C11H17ClN2O. The molecule has 84 valence electrons. The van der Waals surface area contributed by atoms with E-state index in [0.717, 1.165) is 30.8 Å². The topological polar surface area (TPSA) is 44.3 Å². The van der Waals surface area contributed by atoms with Crippen molar-refractivity contribution < 1.29 is 5.11 Å². The second-order valence-electron chi connectivity index (χ2n) is 3.77. The van der Waals surface area contributed by atoms with E-state index in [9.17, 15) is 5.11 Å². The number of nitrogens with one attached hydrogen (secondary N) is 2. The third-order valence-electron chi connectivity index (χ3n) is 2.60. The van der Waals surface area contributed by atoms with Crippen molar-refractivity contribution in [2.75, 3.05) is 19.6 Å². The van der Waals surface area contributed by atoms with Gasteiger partial charge >= 0.3 is 0 Å². The maximum Gasteiger partial charge on any atom is 0.120 e. The molecule has 0 aliphatic carbocycles. The van der Waals surface area contributed by atoms with Crippen molar-refractivity contribution in [3.8, 4) is 5.75 Å². The predicted octanol–water partition coefficient (Wildman–Crippen LogP) is 1.36. The van der Waals surface area contributed by atoms with Crippen LogP contribution in [0.25, 0.3) is 0 Å². The largest absolute Gasteiger partial charge is 0.508 e. The summed E-state index contributed by atoms with van der Waals surface area (Å²) in [7, 11) is 0. The molecule has 0 saturated carbocycles. The molecular weight excluding hydrogens is 212 g/mol. The minimum absolute atomic E-state index is 0. The van der Waals surface area contributed by atoms with Crippen molar-refractivity contribution in [2.45, 2.75) is 13.0 Å². The van der Waals surface area contributed by atoms with Crippen molar-refractivity contribution in [1.29, 1.82) is 0 Å². The van der Waals surface area contributed by atoms with E-state index in [1.807, 2.05) is 25.1 Å². The van der Waals surface area contributed by atoms with Gasteiger partial charge in [0.15, 0.2) is 0 Å². The molecule has 1 aliphatic rings. The molecule has 1 aliphatic heterocycles. The highest BCUT2D eigenvalue weighted by Gasteiger charge is 2.16. The van der Waals surface area contributed by atoms with E-state index in [1.54, 1.807) is 0 Å². The zero-order valence-electron chi connectivity index (χ0n) is 8.79. The third-order valence-corrected chi connectivity index (χ3v) is 2.60.